The fourth-order valence-corrected chi connectivity index (χ4v) is 3.07. The summed E-state index contributed by atoms with van der Waals surface area (Å²) < 4.78 is 1.80. The predicted octanol–water partition coefficient (Wildman–Crippen LogP) is 3.31. The molecule has 27 heavy (non-hydrogen) atoms. The molecule has 0 unspecified atom stereocenters. The van der Waals surface area contributed by atoms with Crippen LogP contribution in [0, 0.1) is 0 Å². The lowest BCUT2D eigenvalue weighted by Gasteiger charge is -2.16. The minimum atomic E-state index is -0.122. The van der Waals surface area contributed by atoms with Gasteiger partial charge in [-0.05, 0) is 37.3 Å². The molecule has 6 heteroatoms. The van der Waals surface area contributed by atoms with Gasteiger partial charge in [-0.2, -0.15) is 5.10 Å². The molecule has 6 nitrogen and oxygen atoms in total. The SMILES string of the molecule is C[C@H](Cn1cccn1)NC(=O)c1cc(-c2ccncc2)nc2ccccc12. The van der Waals surface area contributed by atoms with Crippen molar-refractivity contribution in [2.24, 2.45) is 0 Å². The van der Waals surface area contributed by atoms with Crippen LogP contribution in [0.15, 0.2) is 73.3 Å². The second-order valence-corrected chi connectivity index (χ2v) is 6.41. The van der Waals surface area contributed by atoms with Crippen LogP contribution in [-0.2, 0) is 6.54 Å². The molecule has 0 aliphatic heterocycles. The molecule has 3 heterocycles. The van der Waals surface area contributed by atoms with E-state index in [0.29, 0.717) is 12.1 Å². The molecule has 4 rings (SSSR count). The topological polar surface area (TPSA) is 72.7 Å². The van der Waals surface area contributed by atoms with E-state index in [1.807, 2.05) is 61.7 Å². The second kappa shape index (κ2) is 7.37. The van der Waals surface area contributed by atoms with Gasteiger partial charge in [-0.1, -0.05) is 18.2 Å². The monoisotopic (exact) mass is 357 g/mol. The Morgan fingerprint density at radius 2 is 1.93 bits per heavy atom. The number of carbonyl (C=O) groups excluding carboxylic acids is 1. The van der Waals surface area contributed by atoms with E-state index < -0.39 is 0 Å². The average Bonchev–Trinajstić information content (AvgIpc) is 3.20. The van der Waals surface area contributed by atoms with E-state index >= 15 is 0 Å². The van der Waals surface area contributed by atoms with Crippen LogP contribution in [0.25, 0.3) is 22.2 Å². The minimum Gasteiger partial charge on any atom is -0.348 e. The molecule has 0 radical (unpaired) electrons. The summed E-state index contributed by atoms with van der Waals surface area (Å²) in [5, 5.41) is 8.09. The molecular formula is C21H19N5O. The molecule has 0 saturated heterocycles. The smallest absolute Gasteiger partial charge is 0.252 e. The van der Waals surface area contributed by atoms with E-state index in [4.69, 9.17) is 4.98 Å². The van der Waals surface area contributed by atoms with Gasteiger partial charge < -0.3 is 5.32 Å². The van der Waals surface area contributed by atoms with E-state index in [1.165, 1.54) is 0 Å². The fourth-order valence-electron chi connectivity index (χ4n) is 3.07. The van der Waals surface area contributed by atoms with Crippen LogP contribution in [0.1, 0.15) is 17.3 Å². The molecule has 1 N–H and O–H groups in total. The zero-order valence-electron chi connectivity index (χ0n) is 14.9. The Kier molecular flexibility index (Phi) is 4.61. The number of aromatic nitrogens is 4. The van der Waals surface area contributed by atoms with Gasteiger partial charge in [0.1, 0.15) is 0 Å². The van der Waals surface area contributed by atoms with Crippen molar-refractivity contribution in [2.45, 2.75) is 19.5 Å². The summed E-state index contributed by atoms with van der Waals surface area (Å²) >= 11 is 0. The van der Waals surface area contributed by atoms with Crippen LogP contribution >= 0.6 is 0 Å². The third kappa shape index (κ3) is 3.69. The zero-order chi connectivity index (χ0) is 18.6. The molecule has 0 aliphatic carbocycles. The van der Waals surface area contributed by atoms with Gasteiger partial charge in [0, 0.05) is 41.8 Å². The molecule has 3 aromatic heterocycles. The third-order valence-electron chi connectivity index (χ3n) is 4.33. The summed E-state index contributed by atoms with van der Waals surface area (Å²) in [5.74, 6) is -0.122. The largest absolute Gasteiger partial charge is 0.348 e. The highest BCUT2D eigenvalue weighted by atomic mass is 16.1. The molecule has 1 atom stereocenters. The number of pyridine rings is 2. The number of nitrogens with zero attached hydrogens (tertiary/aromatic N) is 4. The molecule has 0 spiro atoms. The fraction of sp³-hybridized carbons (Fsp3) is 0.143. The van der Waals surface area contributed by atoms with E-state index in [9.17, 15) is 4.79 Å². The van der Waals surface area contributed by atoms with Crippen molar-refractivity contribution in [1.82, 2.24) is 25.1 Å². The van der Waals surface area contributed by atoms with Crippen LogP contribution in [0.3, 0.4) is 0 Å². The van der Waals surface area contributed by atoms with Gasteiger partial charge in [-0.15, -0.1) is 0 Å². The van der Waals surface area contributed by atoms with E-state index in [0.717, 1.165) is 22.2 Å². The first-order chi connectivity index (χ1) is 13.2. The van der Waals surface area contributed by atoms with Crippen LogP contribution < -0.4 is 5.32 Å². The Bertz CT molecular complexity index is 1060. The number of carbonyl (C=O) groups is 1. The zero-order valence-corrected chi connectivity index (χ0v) is 14.9. The molecule has 1 aromatic carbocycles. The van der Waals surface area contributed by atoms with Crippen molar-refractivity contribution in [3.05, 3.63) is 78.9 Å². The number of para-hydroxylation sites is 1. The van der Waals surface area contributed by atoms with Gasteiger partial charge in [-0.25, -0.2) is 4.98 Å². The van der Waals surface area contributed by atoms with Crippen molar-refractivity contribution in [2.75, 3.05) is 0 Å². The number of fused-ring (bicyclic) bond motifs is 1. The van der Waals surface area contributed by atoms with Crippen molar-refractivity contribution < 1.29 is 4.79 Å². The van der Waals surface area contributed by atoms with E-state index in [1.54, 1.807) is 23.3 Å². The Labute approximate surface area is 156 Å². The average molecular weight is 357 g/mol. The van der Waals surface area contributed by atoms with Gasteiger partial charge in [-0.3, -0.25) is 14.5 Å². The lowest BCUT2D eigenvalue weighted by molar-refractivity contribution is 0.0937. The molecule has 4 aromatic rings. The molecule has 0 saturated carbocycles. The van der Waals surface area contributed by atoms with Crippen molar-refractivity contribution >= 4 is 16.8 Å². The number of benzene rings is 1. The van der Waals surface area contributed by atoms with Crippen LogP contribution in [0.5, 0.6) is 0 Å². The molecule has 134 valence electrons. The quantitative estimate of drug-likeness (QED) is 0.595. The number of rotatable bonds is 5. The first kappa shape index (κ1) is 16.9. The van der Waals surface area contributed by atoms with Gasteiger partial charge in [0.15, 0.2) is 0 Å². The van der Waals surface area contributed by atoms with E-state index in [-0.39, 0.29) is 11.9 Å². The number of hydrogen-bond acceptors (Lipinski definition) is 4. The van der Waals surface area contributed by atoms with Crippen LogP contribution in [0.2, 0.25) is 0 Å². The molecule has 0 aliphatic rings. The summed E-state index contributed by atoms with van der Waals surface area (Å²) in [7, 11) is 0. The minimum absolute atomic E-state index is 0.0614. The number of hydrogen-bond donors (Lipinski definition) is 1. The van der Waals surface area contributed by atoms with Gasteiger partial charge in [0.25, 0.3) is 5.91 Å². The third-order valence-corrected chi connectivity index (χ3v) is 4.33. The standard InChI is InChI=1S/C21H19N5O/c1-15(14-26-12-4-9-23-26)24-21(27)18-13-20(16-7-10-22-11-8-16)25-19-6-3-2-5-17(18)19/h2-13,15H,14H2,1H3,(H,24,27)/t15-/m1/s1. The first-order valence-corrected chi connectivity index (χ1v) is 8.79. The van der Waals surface area contributed by atoms with Crippen molar-refractivity contribution in [3.63, 3.8) is 0 Å². The van der Waals surface area contributed by atoms with Crippen molar-refractivity contribution in [3.8, 4) is 11.3 Å². The Morgan fingerprint density at radius 3 is 2.70 bits per heavy atom. The molecule has 1 amide bonds. The molecular weight excluding hydrogens is 338 g/mol. The second-order valence-electron chi connectivity index (χ2n) is 6.41. The summed E-state index contributed by atoms with van der Waals surface area (Å²) in [6.07, 6.45) is 7.05. The highest BCUT2D eigenvalue weighted by Gasteiger charge is 2.16. The van der Waals surface area contributed by atoms with Gasteiger partial charge in [0.2, 0.25) is 0 Å². The molecule has 0 fully saturated rings. The molecule has 0 bridgehead atoms. The maximum Gasteiger partial charge on any atom is 0.252 e. The first-order valence-electron chi connectivity index (χ1n) is 8.79. The number of amides is 1. The van der Waals surface area contributed by atoms with E-state index in [2.05, 4.69) is 15.4 Å². The lowest BCUT2D eigenvalue weighted by Crippen LogP contribution is -2.36. The summed E-state index contributed by atoms with van der Waals surface area (Å²) in [4.78, 5) is 21.8. The van der Waals surface area contributed by atoms with Crippen LogP contribution in [0.4, 0.5) is 0 Å². The Balaban J connectivity index is 1.68. The van der Waals surface area contributed by atoms with Crippen LogP contribution in [-0.4, -0.2) is 31.7 Å². The normalized spacial score (nSPS) is 12.0. The Hall–Kier alpha value is -3.54. The Morgan fingerprint density at radius 1 is 1.11 bits per heavy atom. The predicted molar refractivity (Wildman–Crippen MR) is 104 cm³/mol. The highest BCUT2D eigenvalue weighted by Crippen LogP contribution is 2.24. The maximum atomic E-state index is 13.0. The number of nitrogens with one attached hydrogen (secondary N) is 1. The summed E-state index contributed by atoms with van der Waals surface area (Å²) in [5.41, 5.74) is 3.08. The van der Waals surface area contributed by atoms with Gasteiger partial charge in [0.05, 0.1) is 23.3 Å². The highest BCUT2D eigenvalue weighted by molar-refractivity contribution is 6.07. The maximum absolute atomic E-state index is 13.0. The van der Waals surface area contributed by atoms with Crippen molar-refractivity contribution in [1.29, 1.82) is 0 Å². The lowest BCUT2D eigenvalue weighted by atomic mass is 10.0. The van der Waals surface area contributed by atoms with Gasteiger partial charge >= 0.3 is 0 Å². The summed E-state index contributed by atoms with van der Waals surface area (Å²) in [6, 6.07) is 15.1. The summed E-state index contributed by atoms with van der Waals surface area (Å²) in [6.45, 7) is 2.58.